The van der Waals surface area contributed by atoms with Crippen molar-refractivity contribution >= 4 is 45.5 Å². The summed E-state index contributed by atoms with van der Waals surface area (Å²) in [5.74, 6) is 0.580. The van der Waals surface area contributed by atoms with Crippen LogP contribution in [0.2, 0.25) is 0 Å². The minimum atomic E-state index is -0.462. The van der Waals surface area contributed by atoms with E-state index in [1.807, 2.05) is 48.5 Å². The maximum absolute atomic E-state index is 11.9. The third kappa shape index (κ3) is 7.23. The summed E-state index contributed by atoms with van der Waals surface area (Å²) in [4.78, 5) is 22.9. The SMILES string of the molecule is O=C(CSc1ccc([N+](=O)[O-])cc1)N/N=C\c1ccc(OCc2ccccc2)c(Br)c1. The van der Waals surface area contributed by atoms with Crippen molar-refractivity contribution in [3.63, 3.8) is 0 Å². The van der Waals surface area contributed by atoms with E-state index in [1.165, 1.54) is 23.9 Å². The van der Waals surface area contributed by atoms with Gasteiger partial charge in [0.15, 0.2) is 0 Å². The molecule has 0 heterocycles. The third-order valence-electron chi connectivity index (χ3n) is 4.01. The molecule has 0 radical (unpaired) electrons. The molecule has 0 spiro atoms. The number of amides is 1. The number of nitro benzene ring substituents is 1. The van der Waals surface area contributed by atoms with Crippen LogP contribution in [0.3, 0.4) is 0 Å². The molecule has 3 aromatic rings. The molecule has 7 nitrogen and oxygen atoms in total. The van der Waals surface area contributed by atoms with Gasteiger partial charge < -0.3 is 4.74 Å². The van der Waals surface area contributed by atoms with Crippen molar-refractivity contribution in [2.75, 3.05) is 5.75 Å². The molecular weight excluding hydrogens is 482 g/mol. The molecule has 0 fully saturated rings. The first-order valence-electron chi connectivity index (χ1n) is 9.17. The van der Waals surface area contributed by atoms with Crippen LogP contribution in [0, 0.1) is 10.1 Å². The van der Waals surface area contributed by atoms with Crippen LogP contribution in [-0.2, 0) is 11.4 Å². The lowest BCUT2D eigenvalue weighted by molar-refractivity contribution is -0.384. The average molecular weight is 500 g/mol. The molecule has 9 heteroatoms. The molecule has 0 aromatic heterocycles. The molecule has 0 aliphatic rings. The smallest absolute Gasteiger partial charge is 0.269 e. The normalized spacial score (nSPS) is 10.7. The minimum absolute atomic E-state index is 0.0149. The fourth-order valence-electron chi connectivity index (χ4n) is 2.47. The third-order valence-corrected chi connectivity index (χ3v) is 5.65. The van der Waals surface area contributed by atoms with Crippen LogP contribution in [0.5, 0.6) is 5.75 Å². The topological polar surface area (TPSA) is 93.8 Å². The quantitative estimate of drug-likeness (QED) is 0.189. The number of nitrogens with zero attached hydrogens (tertiary/aromatic N) is 2. The van der Waals surface area contributed by atoms with Crippen LogP contribution < -0.4 is 10.2 Å². The molecular formula is C22H18BrN3O4S. The standard InChI is InChI=1S/C22H18BrN3O4S/c23-20-12-17(6-11-21(20)30-14-16-4-2-1-3-5-16)13-24-25-22(27)15-31-19-9-7-18(8-10-19)26(28)29/h1-13H,14-15H2,(H,25,27)/b24-13-. The Bertz CT molecular complexity index is 1080. The number of carbonyl (C=O) groups excluding carboxylic acids is 1. The monoisotopic (exact) mass is 499 g/mol. The fourth-order valence-corrected chi connectivity index (χ4v) is 3.68. The summed E-state index contributed by atoms with van der Waals surface area (Å²) in [6.07, 6.45) is 1.54. The minimum Gasteiger partial charge on any atom is -0.488 e. The van der Waals surface area contributed by atoms with Gasteiger partial charge in [0, 0.05) is 17.0 Å². The average Bonchev–Trinajstić information content (AvgIpc) is 2.78. The van der Waals surface area contributed by atoms with Gasteiger partial charge in [-0.2, -0.15) is 5.10 Å². The maximum Gasteiger partial charge on any atom is 0.269 e. The number of hydrogen-bond acceptors (Lipinski definition) is 6. The maximum atomic E-state index is 11.9. The summed E-state index contributed by atoms with van der Waals surface area (Å²) >= 11 is 4.76. The molecule has 0 aliphatic heterocycles. The highest BCUT2D eigenvalue weighted by atomic mass is 79.9. The summed E-state index contributed by atoms with van der Waals surface area (Å²) in [7, 11) is 0. The molecule has 1 amide bonds. The zero-order chi connectivity index (χ0) is 22.1. The molecule has 0 atom stereocenters. The Balaban J connectivity index is 1.45. The second-order valence-corrected chi connectivity index (χ2v) is 8.20. The van der Waals surface area contributed by atoms with Crippen molar-refractivity contribution in [2.45, 2.75) is 11.5 Å². The van der Waals surface area contributed by atoms with Crippen LogP contribution in [0.15, 0.2) is 87.3 Å². The first-order chi connectivity index (χ1) is 15.0. The van der Waals surface area contributed by atoms with E-state index in [-0.39, 0.29) is 17.3 Å². The number of nitrogens with one attached hydrogen (secondary N) is 1. The van der Waals surface area contributed by atoms with Crippen molar-refractivity contribution in [2.24, 2.45) is 5.10 Å². The fraction of sp³-hybridized carbons (Fsp3) is 0.0909. The largest absolute Gasteiger partial charge is 0.488 e. The Kier molecular flexibility index (Phi) is 8.19. The number of ether oxygens (including phenoxy) is 1. The van der Waals surface area contributed by atoms with Gasteiger partial charge in [0.05, 0.1) is 21.4 Å². The summed E-state index contributed by atoms with van der Waals surface area (Å²) in [6, 6.07) is 21.4. The summed E-state index contributed by atoms with van der Waals surface area (Å²) < 4.78 is 6.60. The van der Waals surface area contributed by atoms with Gasteiger partial charge in [-0.3, -0.25) is 14.9 Å². The van der Waals surface area contributed by atoms with Crippen molar-refractivity contribution in [1.29, 1.82) is 0 Å². The Hall–Kier alpha value is -3.17. The highest BCUT2D eigenvalue weighted by Crippen LogP contribution is 2.26. The lowest BCUT2D eigenvalue weighted by Crippen LogP contribution is -2.19. The van der Waals surface area contributed by atoms with Crippen LogP contribution >= 0.6 is 27.7 Å². The number of non-ortho nitro benzene ring substituents is 1. The number of halogens is 1. The molecule has 0 saturated heterocycles. The molecule has 0 aliphatic carbocycles. The van der Waals surface area contributed by atoms with Crippen molar-refractivity contribution in [3.05, 3.63) is 98.5 Å². The van der Waals surface area contributed by atoms with Crippen LogP contribution in [0.4, 0.5) is 5.69 Å². The first-order valence-corrected chi connectivity index (χ1v) is 10.9. The second kappa shape index (κ2) is 11.3. The lowest BCUT2D eigenvalue weighted by atomic mass is 10.2. The first kappa shape index (κ1) is 22.5. The number of carbonyl (C=O) groups is 1. The highest BCUT2D eigenvalue weighted by molar-refractivity contribution is 9.10. The number of hydrazone groups is 1. The van der Waals surface area contributed by atoms with E-state index in [4.69, 9.17) is 4.74 Å². The van der Waals surface area contributed by atoms with E-state index in [2.05, 4.69) is 26.5 Å². The van der Waals surface area contributed by atoms with Gasteiger partial charge in [-0.1, -0.05) is 30.3 Å². The molecule has 1 N–H and O–H groups in total. The van der Waals surface area contributed by atoms with E-state index in [0.717, 1.165) is 20.5 Å². The molecule has 3 aromatic carbocycles. The van der Waals surface area contributed by atoms with Crippen LogP contribution in [0.25, 0.3) is 0 Å². The predicted octanol–water partition coefficient (Wildman–Crippen LogP) is 5.18. The van der Waals surface area contributed by atoms with Crippen molar-refractivity contribution in [1.82, 2.24) is 5.43 Å². The lowest BCUT2D eigenvalue weighted by Gasteiger charge is -2.08. The molecule has 158 valence electrons. The summed E-state index contributed by atoms with van der Waals surface area (Å²) in [6.45, 7) is 0.468. The molecule has 0 bridgehead atoms. The van der Waals surface area contributed by atoms with Gasteiger partial charge in [-0.05, 0) is 57.4 Å². The Labute approximate surface area is 191 Å². The Morgan fingerprint density at radius 3 is 2.55 bits per heavy atom. The second-order valence-electron chi connectivity index (χ2n) is 6.30. The van der Waals surface area contributed by atoms with Gasteiger partial charge in [0.2, 0.25) is 5.91 Å². The van der Waals surface area contributed by atoms with Gasteiger partial charge in [0.25, 0.3) is 5.69 Å². The van der Waals surface area contributed by atoms with E-state index in [1.54, 1.807) is 18.3 Å². The number of nitro groups is 1. The van der Waals surface area contributed by atoms with E-state index >= 15 is 0 Å². The van der Waals surface area contributed by atoms with Gasteiger partial charge in [0.1, 0.15) is 12.4 Å². The number of rotatable bonds is 9. The van der Waals surface area contributed by atoms with Crippen molar-refractivity contribution < 1.29 is 14.5 Å². The zero-order valence-corrected chi connectivity index (χ0v) is 18.6. The molecule has 3 rings (SSSR count). The molecule has 0 saturated carbocycles. The Morgan fingerprint density at radius 2 is 1.87 bits per heavy atom. The van der Waals surface area contributed by atoms with E-state index < -0.39 is 4.92 Å². The van der Waals surface area contributed by atoms with E-state index in [0.29, 0.717) is 12.4 Å². The zero-order valence-electron chi connectivity index (χ0n) is 16.2. The van der Waals surface area contributed by atoms with Gasteiger partial charge >= 0.3 is 0 Å². The molecule has 0 unspecified atom stereocenters. The van der Waals surface area contributed by atoms with Crippen LogP contribution in [0.1, 0.15) is 11.1 Å². The number of hydrogen-bond donors (Lipinski definition) is 1. The molecule has 31 heavy (non-hydrogen) atoms. The predicted molar refractivity (Wildman–Crippen MR) is 124 cm³/mol. The summed E-state index contributed by atoms with van der Waals surface area (Å²) in [5, 5.41) is 14.6. The Morgan fingerprint density at radius 1 is 1.13 bits per heavy atom. The number of thioether (sulfide) groups is 1. The number of benzene rings is 3. The van der Waals surface area contributed by atoms with Gasteiger partial charge in [-0.15, -0.1) is 11.8 Å². The van der Waals surface area contributed by atoms with Crippen LogP contribution in [-0.4, -0.2) is 22.8 Å². The van der Waals surface area contributed by atoms with E-state index in [9.17, 15) is 14.9 Å². The highest BCUT2D eigenvalue weighted by Gasteiger charge is 2.06. The van der Waals surface area contributed by atoms with Crippen molar-refractivity contribution in [3.8, 4) is 5.75 Å². The van der Waals surface area contributed by atoms with Gasteiger partial charge in [-0.25, -0.2) is 5.43 Å². The summed E-state index contributed by atoms with van der Waals surface area (Å²) in [5.41, 5.74) is 4.35.